The number of rotatable bonds is 4. The molecule has 1 heterocycles. The van der Waals surface area contributed by atoms with E-state index in [2.05, 4.69) is 52.7 Å². The van der Waals surface area contributed by atoms with Crippen LogP contribution in [0.25, 0.3) is 10.8 Å². The molecule has 26 heavy (non-hydrogen) atoms. The molecule has 0 amide bonds. The largest absolute Gasteiger partial charge is 0.478 e. The molecule has 0 aromatic heterocycles. The van der Waals surface area contributed by atoms with Gasteiger partial charge in [0.25, 0.3) is 0 Å². The number of piperidine rings is 1. The fourth-order valence-electron chi connectivity index (χ4n) is 3.69. The lowest BCUT2D eigenvalue weighted by atomic mass is 10.0. The van der Waals surface area contributed by atoms with Crippen LogP contribution in [0.3, 0.4) is 0 Å². The molecule has 132 valence electrons. The maximum absolute atomic E-state index is 10.9. The quantitative estimate of drug-likeness (QED) is 0.724. The number of hydrogen-bond donors (Lipinski definition) is 2. The number of anilines is 2. The average Bonchev–Trinajstić information content (AvgIpc) is 2.69. The third-order valence-electron chi connectivity index (χ3n) is 5.10. The zero-order valence-corrected chi connectivity index (χ0v) is 14.6. The van der Waals surface area contributed by atoms with Gasteiger partial charge in [-0.1, -0.05) is 36.4 Å². The Morgan fingerprint density at radius 2 is 1.62 bits per heavy atom. The number of benzene rings is 3. The van der Waals surface area contributed by atoms with Crippen molar-refractivity contribution < 1.29 is 9.90 Å². The minimum Gasteiger partial charge on any atom is -0.478 e. The van der Waals surface area contributed by atoms with Crippen molar-refractivity contribution in [2.45, 2.75) is 18.9 Å². The molecule has 1 saturated heterocycles. The molecule has 0 atom stereocenters. The van der Waals surface area contributed by atoms with Crippen LogP contribution >= 0.6 is 0 Å². The van der Waals surface area contributed by atoms with Gasteiger partial charge in [0.1, 0.15) is 0 Å². The van der Waals surface area contributed by atoms with Gasteiger partial charge in [-0.25, -0.2) is 4.79 Å². The normalized spacial score (nSPS) is 15.2. The highest BCUT2D eigenvalue weighted by molar-refractivity contribution is 5.94. The molecule has 0 unspecified atom stereocenters. The summed E-state index contributed by atoms with van der Waals surface area (Å²) >= 11 is 0. The summed E-state index contributed by atoms with van der Waals surface area (Å²) in [4.78, 5) is 13.4. The predicted molar refractivity (Wildman–Crippen MR) is 106 cm³/mol. The van der Waals surface area contributed by atoms with E-state index in [-0.39, 0.29) is 0 Å². The monoisotopic (exact) mass is 346 g/mol. The first-order valence-corrected chi connectivity index (χ1v) is 9.03. The smallest absolute Gasteiger partial charge is 0.335 e. The average molecular weight is 346 g/mol. The van der Waals surface area contributed by atoms with Gasteiger partial charge in [0.15, 0.2) is 0 Å². The molecular weight excluding hydrogens is 324 g/mol. The Morgan fingerprint density at radius 3 is 2.35 bits per heavy atom. The van der Waals surface area contributed by atoms with E-state index < -0.39 is 5.97 Å². The Bertz CT molecular complexity index is 908. The minimum atomic E-state index is -0.889. The van der Waals surface area contributed by atoms with Crippen LogP contribution in [0.4, 0.5) is 11.4 Å². The minimum absolute atomic E-state index is 0.321. The Morgan fingerprint density at radius 1 is 0.923 bits per heavy atom. The zero-order valence-electron chi connectivity index (χ0n) is 14.6. The third kappa shape index (κ3) is 3.36. The highest BCUT2D eigenvalue weighted by Gasteiger charge is 2.20. The van der Waals surface area contributed by atoms with Gasteiger partial charge in [0, 0.05) is 35.9 Å². The van der Waals surface area contributed by atoms with Gasteiger partial charge in [-0.05, 0) is 48.6 Å². The Labute approximate surface area is 153 Å². The third-order valence-corrected chi connectivity index (χ3v) is 5.10. The summed E-state index contributed by atoms with van der Waals surface area (Å²) in [6.45, 7) is 2.03. The van der Waals surface area contributed by atoms with Crippen molar-refractivity contribution in [3.8, 4) is 0 Å². The van der Waals surface area contributed by atoms with E-state index in [0.29, 0.717) is 11.6 Å². The van der Waals surface area contributed by atoms with Crippen molar-refractivity contribution in [3.05, 3.63) is 72.3 Å². The molecule has 1 aliphatic rings. The second kappa shape index (κ2) is 7.08. The van der Waals surface area contributed by atoms with Crippen LogP contribution in [0.1, 0.15) is 23.2 Å². The lowest BCUT2D eigenvalue weighted by Crippen LogP contribution is -2.39. The van der Waals surface area contributed by atoms with Gasteiger partial charge < -0.3 is 15.3 Å². The van der Waals surface area contributed by atoms with Crippen molar-refractivity contribution in [3.63, 3.8) is 0 Å². The number of carboxylic acid groups (broad SMARTS) is 1. The first-order chi connectivity index (χ1) is 12.7. The molecule has 0 spiro atoms. The lowest BCUT2D eigenvalue weighted by Gasteiger charge is -2.35. The highest BCUT2D eigenvalue weighted by atomic mass is 16.4. The van der Waals surface area contributed by atoms with E-state index in [1.165, 1.54) is 16.5 Å². The molecule has 3 aromatic carbocycles. The standard InChI is InChI=1S/C22H22N2O2/c25-22(26)17-8-10-18(11-9-17)23-19-12-14-24(15-13-19)21-7-3-5-16-4-1-2-6-20(16)21/h1-11,19,23H,12-15H2,(H,25,26). The molecule has 0 bridgehead atoms. The van der Waals surface area contributed by atoms with E-state index in [1.54, 1.807) is 12.1 Å². The second-order valence-corrected chi connectivity index (χ2v) is 6.79. The van der Waals surface area contributed by atoms with Crippen LogP contribution in [0.15, 0.2) is 66.7 Å². The van der Waals surface area contributed by atoms with Crippen LogP contribution in [0.5, 0.6) is 0 Å². The van der Waals surface area contributed by atoms with Crippen molar-refractivity contribution in [2.24, 2.45) is 0 Å². The summed E-state index contributed by atoms with van der Waals surface area (Å²) in [7, 11) is 0. The second-order valence-electron chi connectivity index (χ2n) is 6.79. The molecule has 0 aliphatic carbocycles. The molecule has 3 aromatic rings. The zero-order chi connectivity index (χ0) is 17.9. The van der Waals surface area contributed by atoms with Gasteiger partial charge in [0.05, 0.1) is 5.56 Å². The van der Waals surface area contributed by atoms with Gasteiger partial charge in [-0.15, -0.1) is 0 Å². The summed E-state index contributed by atoms with van der Waals surface area (Å²) in [5.41, 5.74) is 2.62. The van der Waals surface area contributed by atoms with E-state index in [1.807, 2.05) is 12.1 Å². The molecule has 4 nitrogen and oxygen atoms in total. The fraction of sp³-hybridized carbons (Fsp3) is 0.227. The number of aromatic carboxylic acids is 1. The van der Waals surface area contributed by atoms with Crippen LogP contribution in [-0.4, -0.2) is 30.2 Å². The van der Waals surface area contributed by atoms with Crippen molar-refractivity contribution in [1.29, 1.82) is 0 Å². The number of hydrogen-bond acceptors (Lipinski definition) is 3. The highest BCUT2D eigenvalue weighted by Crippen LogP contribution is 2.29. The molecule has 0 radical (unpaired) electrons. The van der Waals surface area contributed by atoms with E-state index in [0.717, 1.165) is 31.6 Å². The maximum Gasteiger partial charge on any atom is 0.335 e. The first-order valence-electron chi connectivity index (χ1n) is 9.03. The number of nitrogens with one attached hydrogen (secondary N) is 1. The SMILES string of the molecule is O=C(O)c1ccc(NC2CCN(c3cccc4ccccc34)CC2)cc1. The molecule has 1 aliphatic heterocycles. The molecular formula is C22H22N2O2. The summed E-state index contributed by atoms with van der Waals surface area (Å²) in [5.74, 6) is -0.889. The first kappa shape index (κ1) is 16.5. The van der Waals surface area contributed by atoms with E-state index >= 15 is 0 Å². The molecule has 2 N–H and O–H groups in total. The maximum atomic E-state index is 10.9. The fourth-order valence-corrected chi connectivity index (χ4v) is 3.69. The van der Waals surface area contributed by atoms with Crippen LogP contribution in [0.2, 0.25) is 0 Å². The summed E-state index contributed by atoms with van der Waals surface area (Å²) in [6.07, 6.45) is 2.12. The number of carbonyl (C=O) groups is 1. The van der Waals surface area contributed by atoms with E-state index in [4.69, 9.17) is 5.11 Å². The summed E-state index contributed by atoms with van der Waals surface area (Å²) in [6, 6.07) is 22.4. The molecule has 4 rings (SSSR count). The van der Waals surface area contributed by atoms with Crippen molar-refractivity contribution in [2.75, 3.05) is 23.3 Å². The predicted octanol–water partition coefficient (Wildman–Crippen LogP) is 4.62. The Balaban J connectivity index is 1.41. The number of fused-ring (bicyclic) bond motifs is 1. The summed E-state index contributed by atoms with van der Waals surface area (Å²) in [5, 5.41) is 15.1. The van der Waals surface area contributed by atoms with Crippen LogP contribution in [0, 0.1) is 0 Å². The summed E-state index contributed by atoms with van der Waals surface area (Å²) < 4.78 is 0. The van der Waals surface area contributed by atoms with E-state index in [9.17, 15) is 4.79 Å². The van der Waals surface area contributed by atoms with Crippen LogP contribution < -0.4 is 10.2 Å². The number of carboxylic acids is 1. The lowest BCUT2D eigenvalue weighted by molar-refractivity contribution is 0.0697. The van der Waals surface area contributed by atoms with Crippen LogP contribution in [-0.2, 0) is 0 Å². The molecule has 4 heteroatoms. The van der Waals surface area contributed by atoms with Gasteiger partial charge in [-0.2, -0.15) is 0 Å². The van der Waals surface area contributed by atoms with Gasteiger partial charge in [0.2, 0.25) is 0 Å². The Hall–Kier alpha value is -3.01. The molecule has 0 saturated carbocycles. The van der Waals surface area contributed by atoms with Gasteiger partial charge in [-0.3, -0.25) is 0 Å². The van der Waals surface area contributed by atoms with Crippen molar-refractivity contribution in [1.82, 2.24) is 0 Å². The topological polar surface area (TPSA) is 52.6 Å². The Kier molecular flexibility index (Phi) is 4.48. The molecule has 1 fully saturated rings. The van der Waals surface area contributed by atoms with Crippen molar-refractivity contribution >= 4 is 28.1 Å². The number of nitrogens with zero attached hydrogens (tertiary/aromatic N) is 1. The van der Waals surface area contributed by atoms with Gasteiger partial charge >= 0.3 is 5.97 Å².